The number of aliphatic carboxylic acids is 1. The van der Waals surface area contributed by atoms with E-state index >= 15 is 0 Å². The third-order valence-corrected chi connectivity index (χ3v) is 4.15. The number of carboxylic acids is 1. The summed E-state index contributed by atoms with van der Waals surface area (Å²) in [5, 5.41) is 16.5. The van der Waals surface area contributed by atoms with Gasteiger partial charge in [0.2, 0.25) is 0 Å². The van der Waals surface area contributed by atoms with Gasteiger partial charge in [-0.2, -0.15) is 0 Å². The van der Waals surface area contributed by atoms with E-state index in [1.807, 2.05) is 24.3 Å². The molecule has 0 saturated heterocycles. The van der Waals surface area contributed by atoms with Gasteiger partial charge in [-0.05, 0) is 18.6 Å². The van der Waals surface area contributed by atoms with Crippen LogP contribution in [0.4, 0.5) is 4.79 Å². The van der Waals surface area contributed by atoms with Gasteiger partial charge >= 0.3 is 12.0 Å². The average Bonchev–Trinajstić information content (AvgIpc) is 2.93. The third-order valence-electron chi connectivity index (χ3n) is 4.15. The number of fused-ring (bicyclic) bond motifs is 3. The molecular weight excluding hydrogens is 318 g/mol. The Labute approximate surface area is 145 Å². The first kappa shape index (κ1) is 16.8. The molecule has 2 aromatic carbocycles. The Morgan fingerprint density at radius 2 is 1.44 bits per heavy atom. The van der Waals surface area contributed by atoms with Crippen molar-refractivity contribution in [1.29, 1.82) is 0 Å². The minimum Gasteiger partial charge on any atom is -0.481 e. The highest BCUT2D eigenvalue weighted by atomic mass is 16.4. The Kier molecular flexibility index (Phi) is 5.18. The number of aromatic nitrogens is 1. The lowest BCUT2D eigenvalue weighted by molar-refractivity contribution is -0.137. The van der Waals surface area contributed by atoms with E-state index in [1.54, 1.807) is 0 Å². The summed E-state index contributed by atoms with van der Waals surface area (Å²) in [7, 11) is 0. The summed E-state index contributed by atoms with van der Waals surface area (Å²) in [4.78, 5) is 22.2. The predicted molar refractivity (Wildman–Crippen MR) is 97.7 cm³/mol. The van der Waals surface area contributed by atoms with Crippen molar-refractivity contribution >= 4 is 33.8 Å². The number of nitrogens with one attached hydrogen (secondary N) is 2. The van der Waals surface area contributed by atoms with Crippen molar-refractivity contribution < 1.29 is 14.7 Å². The Morgan fingerprint density at radius 3 is 2.04 bits per heavy atom. The van der Waals surface area contributed by atoms with Crippen molar-refractivity contribution in [3.8, 4) is 0 Å². The number of nitrogens with zero attached hydrogens (tertiary/aromatic N) is 1. The van der Waals surface area contributed by atoms with Crippen LogP contribution in [-0.2, 0) is 11.3 Å². The van der Waals surface area contributed by atoms with Gasteiger partial charge in [-0.1, -0.05) is 36.4 Å². The molecule has 3 aromatic rings. The predicted octanol–water partition coefficient (Wildman–Crippen LogP) is 2.96. The summed E-state index contributed by atoms with van der Waals surface area (Å²) in [6, 6.07) is 16.2. The van der Waals surface area contributed by atoms with Crippen LogP contribution in [0.25, 0.3) is 21.8 Å². The van der Waals surface area contributed by atoms with Crippen molar-refractivity contribution in [3.05, 3.63) is 48.5 Å². The van der Waals surface area contributed by atoms with Gasteiger partial charge in [-0.15, -0.1) is 0 Å². The summed E-state index contributed by atoms with van der Waals surface area (Å²) < 4.78 is 2.20. The van der Waals surface area contributed by atoms with E-state index in [4.69, 9.17) is 5.11 Å². The fraction of sp³-hybridized carbons (Fsp3) is 0.263. The van der Waals surface area contributed by atoms with E-state index in [-0.39, 0.29) is 12.5 Å². The van der Waals surface area contributed by atoms with Crippen LogP contribution in [0.1, 0.15) is 12.8 Å². The number of carboxylic acid groups (broad SMARTS) is 1. The summed E-state index contributed by atoms with van der Waals surface area (Å²) in [6.45, 7) is 1.51. The first-order valence-corrected chi connectivity index (χ1v) is 8.36. The number of rotatable bonds is 7. The second-order valence-electron chi connectivity index (χ2n) is 5.87. The Hall–Kier alpha value is -3.02. The molecule has 0 aliphatic rings. The zero-order valence-electron chi connectivity index (χ0n) is 13.9. The highest BCUT2D eigenvalue weighted by Gasteiger charge is 2.09. The van der Waals surface area contributed by atoms with E-state index in [0.29, 0.717) is 26.1 Å². The van der Waals surface area contributed by atoms with E-state index < -0.39 is 5.97 Å². The van der Waals surface area contributed by atoms with Gasteiger partial charge in [0.05, 0.1) is 0 Å². The molecule has 0 unspecified atom stereocenters. The molecule has 3 rings (SSSR count). The van der Waals surface area contributed by atoms with Gasteiger partial charge in [-0.25, -0.2) is 4.79 Å². The van der Waals surface area contributed by atoms with Crippen LogP contribution in [0, 0.1) is 0 Å². The highest BCUT2D eigenvalue weighted by Crippen LogP contribution is 2.28. The smallest absolute Gasteiger partial charge is 0.314 e. The maximum Gasteiger partial charge on any atom is 0.314 e. The molecule has 25 heavy (non-hydrogen) atoms. The zero-order valence-corrected chi connectivity index (χ0v) is 13.9. The highest BCUT2D eigenvalue weighted by molar-refractivity contribution is 6.07. The molecule has 0 aliphatic carbocycles. The molecule has 0 saturated carbocycles. The molecule has 0 bridgehead atoms. The maximum atomic E-state index is 11.8. The zero-order chi connectivity index (χ0) is 17.6. The van der Waals surface area contributed by atoms with Crippen molar-refractivity contribution in [2.45, 2.75) is 19.4 Å². The molecule has 0 fully saturated rings. The van der Waals surface area contributed by atoms with Gasteiger partial charge in [0, 0.05) is 47.9 Å². The quantitative estimate of drug-likeness (QED) is 0.579. The number of hydrogen-bond acceptors (Lipinski definition) is 2. The Morgan fingerprint density at radius 1 is 0.880 bits per heavy atom. The summed E-state index contributed by atoms with van der Waals surface area (Å²) in [5.41, 5.74) is 2.29. The van der Waals surface area contributed by atoms with Gasteiger partial charge < -0.3 is 20.3 Å². The molecule has 3 N–H and O–H groups in total. The van der Waals surface area contributed by atoms with Gasteiger partial charge in [0.1, 0.15) is 0 Å². The van der Waals surface area contributed by atoms with Crippen LogP contribution in [0.3, 0.4) is 0 Å². The molecule has 0 spiro atoms. The topological polar surface area (TPSA) is 83.4 Å². The standard InChI is InChI=1S/C19H21N3O3/c23-18(24)10-5-11-20-19(25)21-12-13-22-16-8-3-1-6-14(16)15-7-2-4-9-17(15)22/h1-4,6-9H,5,10-13H2,(H,23,24)(H2,20,21,25). The molecule has 6 nitrogen and oxygen atoms in total. The molecule has 130 valence electrons. The monoisotopic (exact) mass is 339 g/mol. The van der Waals surface area contributed by atoms with E-state index in [9.17, 15) is 9.59 Å². The molecule has 0 radical (unpaired) electrons. The van der Waals surface area contributed by atoms with Crippen LogP contribution in [0.2, 0.25) is 0 Å². The largest absolute Gasteiger partial charge is 0.481 e. The minimum atomic E-state index is -0.853. The van der Waals surface area contributed by atoms with Crippen LogP contribution in [-0.4, -0.2) is 34.8 Å². The normalized spacial score (nSPS) is 10.9. The van der Waals surface area contributed by atoms with E-state index in [2.05, 4.69) is 39.5 Å². The lowest BCUT2D eigenvalue weighted by Gasteiger charge is -2.10. The number of urea groups is 1. The molecular formula is C19H21N3O3. The number of benzene rings is 2. The average molecular weight is 339 g/mol. The fourth-order valence-corrected chi connectivity index (χ4v) is 3.03. The number of amides is 2. The van der Waals surface area contributed by atoms with Crippen molar-refractivity contribution in [2.75, 3.05) is 13.1 Å². The van der Waals surface area contributed by atoms with Crippen molar-refractivity contribution in [2.24, 2.45) is 0 Å². The first-order valence-electron chi connectivity index (χ1n) is 8.36. The number of hydrogen-bond donors (Lipinski definition) is 3. The van der Waals surface area contributed by atoms with Crippen molar-refractivity contribution in [3.63, 3.8) is 0 Å². The molecule has 0 atom stereocenters. The van der Waals surface area contributed by atoms with Gasteiger partial charge in [-0.3, -0.25) is 4.79 Å². The van der Waals surface area contributed by atoms with Crippen LogP contribution < -0.4 is 10.6 Å². The van der Waals surface area contributed by atoms with Crippen LogP contribution in [0.5, 0.6) is 0 Å². The number of para-hydroxylation sites is 2. The van der Waals surface area contributed by atoms with Gasteiger partial charge in [0.25, 0.3) is 0 Å². The van der Waals surface area contributed by atoms with E-state index in [0.717, 1.165) is 11.0 Å². The molecule has 1 aromatic heterocycles. The number of carbonyl (C=O) groups is 2. The lowest BCUT2D eigenvalue weighted by Crippen LogP contribution is -2.37. The molecule has 2 amide bonds. The maximum absolute atomic E-state index is 11.8. The summed E-state index contributed by atoms with van der Waals surface area (Å²) in [5.74, 6) is -0.853. The third kappa shape index (κ3) is 3.91. The summed E-state index contributed by atoms with van der Waals surface area (Å²) >= 11 is 0. The van der Waals surface area contributed by atoms with Crippen LogP contribution in [0.15, 0.2) is 48.5 Å². The second-order valence-corrected chi connectivity index (χ2v) is 5.87. The van der Waals surface area contributed by atoms with Gasteiger partial charge in [0.15, 0.2) is 0 Å². The number of carbonyl (C=O) groups excluding carboxylic acids is 1. The fourth-order valence-electron chi connectivity index (χ4n) is 3.03. The molecule has 6 heteroatoms. The molecule has 1 heterocycles. The first-order chi connectivity index (χ1) is 12.2. The Bertz CT molecular complexity index is 848. The lowest BCUT2D eigenvalue weighted by atomic mass is 10.2. The Balaban J connectivity index is 1.61. The molecule has 0 aliphatic heterocycles. The second kappa shape index (κ2) is 7.70. The minimum absolute atomic E-state index is 0.0572. The van der Waals surface area contributed by atoms with Crippen molar-refractivity contribution in [1.82, 2.24) is 15.2 Å². The van der Waals surface area contributed by atoms with Crippen LogP contribution >= 0.6 is 0 Å². The summed E-state index contributed by atoms with van der Waals surface area (Å²) in [6.07, 6.45) is 0.483. The van der Waals surface area contributed by atoms with E-state index in [1.165, 1.54) is 10.8 Å². The SMILES string of the molecule is O=C(O)CCCNC(=O)NCCn1c2ccccc2c2ccccc21.